The number of aliphatic hydroxyl groups excluding tert-OH is 2. The number of amides is 4. The molecule has 33 heavy (non-hydrogen) atoms. The van der Waals surface area contributed by atoms with Gasteiger partial charge >= 0.3 is 5.97 Å². The van der Waals surface area contributed by atoms with E-state index in [0.717, 1.165) is 0 Å². The number of hydrogen-bond donors (Lipinski definition) is 8. The average molecular weight is 467 g/mol. The Morgan fingerprint density at radius 3 is 2.00 bits per heavy atom. The van der Waals surface area contributed by atoms with Gasteiger partial charge in [0.15, 0.2) is 0 Å². The molecule has 1 aromatic rings. The minimum absolute atomic E-state index is 0.0649. The molecule has 0 bridgehead atoms. The van der Waals surface area contributed by atoms with E-state index in [0.29, 0.717) is 5.56 Å². The zero-order chi connectivity index (χ0) is 25.1. The standard InChI is InChI=1S/C20H29N5O8/c1-10(27)16(25-17(29)12(21)9-26)19(31)23-13(8-15(22)28)18(30)24-14(20(32)33)7-11-5-3-2-4-6-11/h2-6,10,12-14,16,26-27H,7-9,21H2,1H3,(H2,22,28)(H,23,31)(H,24,30)(H,25,29)(H,32,33). The molecule has 0 aliphatic rings. The van der Waals surface area contributed by atoms with E-state index < -0.39 is 72.9 Å². The molecule has 0 saturated carbocycles. The zero-order valence-corrected chi connectivity index (χ0v) is 17.9. The third-order valence-corrected chi connectivity index (χ3v) is 4.53. The van der Waals surface area contributed by atoms with E-state index in [-0.39, 0.29) is 6.42 Å². The topological polar surface area (TPSA) is 234 Å². The van der Waals surface area contributed by atoms with E-state index in [9.17, 15) is 34.2 Å². The highest BCUT2D eigenvalue weighted by Gasteiger charge is 2.33. The minimum Gasteiger partial charge on any atom is -0.480 e. The van der Waals surface area contributed by atoms with Gasteiger partial charge < -0.3 is 42.7 Å². The van der Waals surface area contributed by atoms with Gasteiger partial charge in [-0.2, -0.15) is 0 Å². The number of hydrogen-bond acceptors (Lipinski definition) is 8. The molecule has 0 spiro atoms. The third kappa shape index (κ3) is 9.22. The maximum atomic E-state index is 12.7. The molecule has 0 saturated heterocycles. The van der Waals surface area contributed by atoms with Crippen LogP contribution >= 0.6 is 0 Å². The lowest BCUT2D eigenvalue weighted by atomic mass is 10.0. The van der Waals surface area contributed by atoms with Gasteiger partial charge in [-0.25, -0.2) is 4.79 Å². The molecule has 0 aliphatic heterocycles. The number of carbonyl (C=O) groups excluding carboxylic acids is 4. The lowest BCUT2D eigenvalue weighted by Gasteiger charge is -2.25. The average Bonchev–Trinajstić information content (AvgIpc) is 2.75. The molecule has 13 heteroatoms. The van der Waals surface area contributed by atoms with Crippen LogP contribution < -0.4 is 27.4 Å². The van der Waals surface area contributed by atoms with Gasteiger partial charge in [-0.1, -0.05) is 30.3 Å². The molecule has 0 fully saturated rings. The number of aliphatic carboxylic acids is 1. The van der Waals surface area contributed by atoms with Crippen molar-refractivity contribution in [2.75, 3.05) is 6.61 Å². The first-order chi connectivity index (χ1) is 15.5. The number of carboxylic acid groups (broad SMARTS) is 1. The second-order valence-corrected chi connectivity index (χ2v) is 7.34. The number of aliphatic hydroxyl groups is 2. The monoisotopic (exact) mass is 467 g/mol. The third-order valence-electron chi connectivity index (χ3n) is 4.53. The summed E-state index contributed by atoms with van der Waals surface area (Å²) in [6.07, 6.45) is -2.18. The van der Waals surface area contributed by atoms with Gasteiger partial charge in [0.2, 0.25) is 23.6 Å². The fraction of sp³-hybridized carbons (Fsp3) is 0.450. The van der Waals surface area contributed by atoms with E-state index in [1.807, 2.05) is 0 Å². The molecule has 10 N–H and O–H groups in total. The summed E-state index contributed by atoms with van der Waals surface area (Å²) in [6.45, 7) is 0.461. The Kier molecular flexibility index (Phi) is 10.9. The quantitative estimate of drug-likeness (QED) is 0.142. The van der Waals surface area contributed by atoms with Crippen LogP contribution in [-0.2, 0) is 30.4 Å². The van der Waals surface area contributed by atoms with Gasteiger partial charge in [0, 0.05) is 6.42 Å². The van der Waals surface area contributed by atoms with E-state index in [1.54, 1.807) is 30.3 Å². The molecule has 0 aromatic heterocycles. The molecule has 182 valence electrons. The number of carboxylic acids is 1. The summed E-state index contributed by atoms with van der Waals surface area (Å²) in [4.78, 5) is 60.2. The van der Waals surface area contributed by atoms with Crippen molar-refractivity contribution in [3.8, 4) is 0 Å². The van der Waals surface area contributed by atoms with Crippen LogP contribution in [0.3, 0.4) is 0 Å². The van der Waals surface area contributed by atoms with Crippen molar-refractivity contribution in [3.63, 3.8) is 0 Å². The second kappa shape index (κ2) is 13.1. The molecule has 5 unspecified atom stereocenters. The summed E-state index contributed by atoms with van der Waals surface area (Å²) in [5.41, 5.74) is 11.1. The van der Waals surface area contributed by atoms with Crippen molar-refractivity contribution in [3.05, 3.63) is 35.9 Å². The number of rotatable bonds is 13. The van der Waals surface area contributed by atoms with Crippen LogP contribution in [0.25, 0.3) is 0 Å². The molecule has 0 aliphatic carbocycles. The lowest BCUT2D eigenvalue weighted by molar-refractivity contribution is -0.142. The van der Waals surface area contributed by atoms with E-state index in [1.165, 1.54) is 6.92 Å². The van der Waals surface area contributed by atoms with E-state index in [2.05, 4.69) is 16.0 Å². The maximum absolute atomic E-state index is 12.7. The fourth-order valence-electron chi connectivity index (χ4n) is 2.74. The Morgan fingerprint density at radius 1 is 0.939 bits per heavy atom. The molecule has 0 heterocycles. The van der Waals surface area contributed by atoms with Crippen molar-refractivity contribution in [2.45, 2.75) is 50.0 Å². The Bertz CT molecular complexity index is 848. The van der Waals surface area contributed by atoms with E-state index >= 15 is 0 Å². The van der Waals surface area contributed by atoms with Crippen LogP contribution in [0.4, 0.5) is 0 Å². The maximum Gasteiger partial charge on any atom is 0.326 e. The SMILES string of the molecule is CC(O)C(NC(=O)C(N)CO)C(=O)NC(CC(N)=O)C(=O)NC(Cc1ccccc1)C(=O)O. The molecule has 1 rings (SSSR count). The van der Waals surface area contributed by atoms with Crippen LogP contribution in [0, 0.1) is 0 Å². The van der Waals surface area contributed by atoms with Crippen molar-refractivity contribution in [1.29, 1.82) is 0 Å². The van der Waals surface area contributed by atoms with E-state index in [4.69, 9.17) is 16.6 Å². The Hall–Kier alpha value is -3.55. The summed E-state index contributed by atoms with van der Waals surface area (Å²) in [7, 11) is 0. The number of nitrogens with one attached hydrogen (secondary N) is 3. The highest BCUT2D eigenvalue weighted by Crippen LogP contribution is 2.05. The number of primary amides is 1. The summed E-state index contributed by atoms with van der Waals surface area (Å²) in [6, 6.07) is 2.55. The summed E-state index contributed by atoms with van der Waals surface area (Å²) >= 11 is 0. The van der Waals surface area contributed by atoms with Gasteiger partial charge in [-0.15, -0.1) is 0 Å². The molecule has 13 nitrogen and oxygen atoms in total. The first kappa shape index (κ1) is 27.5. The number of benzene rings is 1. The molecule has 0 radical (unpaired) electrons. The highest BCUT2D eigenvalue weighted by atomic mass is 16.4. The smallest absolute Gasteiger partial charge is 0.326 e. The molecular weight excluding hydrogens is 438 g/mol. The van der Waals surface area contributed by atoms with Crippen LogP contribution in [0.15, 0.2) is 30.3 Å². The van der Waals surface area contributed by atoms with Gasteiger partial charge in [-0.3, -0.25) is 19.2 Å². The van der Waals surface area contributed by atoms with Crippen molar-refractivity contribution in [2.24, 2.45) is 11.5 Å². The molecular formula is C20H29N5O8. The predicted molar refractivity (Wildman–Crippen MR) is 114 cm³/mol. The van der Waals surface area contributed by atoms with Crippen molar-refractivity contribution < 1.29 is 39.3 Å². The van der Waals surface area contributed by atoms with Crippen LogP contribution in [0.5, 0.6) is 0 Å². The van der Waals surface area contributed by atoms with Gasteiger partial charge in [0.1, 0.15) is 24.2 Å². The van der Waals surface area contributed by atoms with Crippen LogP contribution in [-0.4, -0.2) is 81.8 Å². The minimum atomic E-state index is -1.59. The van der Waals surface area contributed by atoms with Crippen molar-refractivity contribution in [1.82, 2.24) is 16.0 Å². The van der Waals surface area contributed by atoms with Gasteiger partial charge in [0.25, 0.3) is 0 Å². The number of carbonyl (C=O) groups is 5. The molecule has 5 atom stereocenters. The second-order valence-electron chi connectivity index (χ2n) is 7.34. The van der Waals surface area contributed by atoms with Crippen LogP contribution in [0.2, 0.25) is 0 Å². The summed E-state index contributed by atoms with van der Waals surface area (Å²) in [5, 5.41) is 34.8. The van der Waals surface area contributed by atoms with Crippen LogP contribution in [0.1, 0.15) is 18.9 Å². The summed E-state index contributed by atoms with van der Waals surface area (Å²) < 4.78 is 0. The van der Waals surface area contributed by atoms with Gasteiger partial charge in [0.05, 0.1) is 19.1 Å². The highest BCUT2D eigenvalue weighted by molar-refractivity contribution is 5.96. The zero-order valence-electron chi connectivity index (χ0n) is 17.9. The molecule has 1 aromatic carbocycles. The fourth-order valence-corrected chi connectivity index (χ4v) is 2.74. The first-order valence-electron chi connectivity index (χ1n) is 9.96. The largest absolute Gasteiger partial charge is 0.480 e. The molecule has 4 amide bonds. The summed E-state index contributed by atoms with van der Waals surface area (Å²) in [5.74, 6) is -5.31. The predicted octanol–water partition coefficient (Wildman–Crippen LogP) is -3.66. The number of nitrogens with two attached hydrogens (primary N) is 2. The first-order valence-corrected chi connectivity index (χ1v) is 9.96. The normalized spacial score (nSPS) is 15.3. The van der Waals surface area contributed by atoms with Gasteiger partial charge in [-0.05, 0) is 12.5 Å². The Morgan fingerprint density at radius 2 is 1.52 bits per heavy atom. The van der Waals surface area contributed by atoms with Crippen molar-refractivity contribution >= 4 is 29.6 Å². The lowest BCUT2D eigenvalue weighted by Crippen LogP contribution is -2.60. The Balaban J connectivity index is 2.98. The Labute approximate surface area is 189 Å².